The lowest BCUT2D eigenvalue weighted by molar-refractivity contribution is 0.811. The van der Waals surface area contributed by atoms with Gasteiger partial charge in [0.05, 0.1) is 5.69 Å². The van der Waals surface area contributed by atoms with Crippen LogP contribution < -0.4 is 5.73 Å². The lowest BCUT2D eigenvalue weighted by Crippen LogP contribution is -2.04. The lowest BCUT2D eigenvalue weighted by atomic mass is 10.5. The summed E-state index contributed by atoms with van der Waals surface area (Å²) in [5.74, 6) is 1.20. The number of aromatic nitrogens is 4. The minimum atomic E-state index is 0.568. The molecule has 2 rings (SSSR count). The summed E-state index contributed by atoms with van der Waals surface area (Å²) in [4.78, 5) is 0. The first-order valence-corrected chi connectivity index (χ1v) is 3.87. The highest BCUT2D eigenvalue weighted by Crippen LogP contribution is 2.10. The van der Waals surface area contributed by atoms with Crippen LogP contribution in [-0.2, 0) is 0 Å². The highest BCUT2D eigenvalue weighted by molar-refractivity contribution is 5.38. The first-order valence-electron chi connectivity index (χ1n) is 3.87. The number of hydrogen-bond donors (Lipinski definition) is 1. The molecular weight excluding hydrogens is 166 g/mol. The van der Waals surface area contributed by atoms with E-state index in [1.165, 1.54) is 0 Å². The molecule has 0 aromatic carbocycles. The zero-order valence-corrected chi connectivity index (χ0v) is 7.18. The molecule has 0 aliphatic heterocycles. The number of anilines is 1. The van der Waals surface area contributed by atoms with Crippen molar-refractivity contribution in [2.45, 2.75) is 6.92 Å². The Hall–Kier alpha value is -1.91. The molecule has 0 bridgehead atoms. The molecule has 13 heavy (non-hydrogen) atoms. The van der Waals surface area contributed by atoms with E-state index < -0.39 is 0 Å². The average molecular weight is 175 g/mol. The summed E-state index contributed by atoms with van der Waals surface area (Å²) in [5.41, 5.74) is 6.57. The quantitative estimate of drug-likeness (QED) is 0.687. The summed E-state index contributed by atoms with van der Waals surface area (Å²) in [5, 5.41) is 11.8. The number of nitrogens with two attached hydrogens (primary N) is 1. The van der Waals surface area contributed by atoms with Gasteiger partial charge in [-0.05, 0) is 19.1 Å². The van der Waals surface area contributed by atoms with E-state index in [0.29, 0.717) is 11.6 Å². The molecule has 0 unspecified atom stereocenters. The van der Waals surface area contributed by atoms with Crippen LogP contribution in [0.15, 0.2) is 24.4 Å². The molecule has 5 heteroatoms. The summed E-state index contributed by atoms with van der Waals surface area (Å²) >= 11 is 0. The molecular formula is C8H9N5. The molecule has 0 amide bonds. The van der Waals surface area contributed by atoms with Gasteiger partial charge in [0.25, 0.3) is 0 Å². The second kappa shape index (κ2) is 2.85. The minimum absolute atomic E-state index is 0.568. The Bertz CT molecular complexity index is 406. The van der Waals surface area contributed by atoms with E-state index in [1.807, 2.05) is 6.92 Å². The van der Waals surface area contributed by atoms with Crippen LogP contribution in [0.4, 0.5) is 5.82 Å². The average Bonchev–Trinajstić information content (AvgIpc) is 2.47. The number of nitrogen functional groups attached to an aromatic ring is 1. The molecule has 2 N–H and O–H groups in total. The molecule has 0 aliphatic rings. The van der Waals surface area contributed by atoms with Crippen LogP contribution in [0, 0.1) is 6.92 Å². The summed E-state index contributed by atoms with van der Waals surface area (Å²) in [6.07, 6.45) is 1.61. The molecule has 5 nitrogen and oxygen atoms in total. The van der Waals surface area contributed by atoms with Crippen molar-refractivity contribution in [3.05, 3.63) is 30.1 Å². The summed E-state index contributed by atoms with van der Waals surface area (Å²) in [6, 6.07) is 5.38. The first kappa shape index (κ1) is 7.72. The molecule has 0 saturated carbocycles. The molecule has 0 fully saturated rings. The van der Waals surface area contributed by atoms with Gasteiger partial charge in [-0.15, -0.1) is 5.10 Å². The van der Waals surface area contributed by atoms with E-state index in [4.69, 9.17) is 5.73 Å². The van der Waals surface area contributed by atoms with Crippen LogP contribution in [0.2, 0.25) is 0 Å². The standard InChI is InChI=1S/C8H9N5/c1-6-5-7(9)13(12-6)8-3-2-4-10-11-8/h2-5H,9H2,1H3. The third kappa shape index (κ3) is 1.35. The Morgan fingerprint density at radius 2 is 2.31 bits per heavy atom. The molecule has 0 atom stereocenters. The largest absolute Gasteiger partial charge is 0.384 e. The Labute approximate surface area is 75.2 Å². The summed E-state index contributed by atoms with van der Waals surface area (Å²) < 4.78 is 1.56. The third-order valence-electron chi connectivity index (χ3n) is 1.63. The summed E-state index contributed by atoms with van der Waals surface area (Å²) in [7, 11) is 0. The molecule has 0 spiro atoms. The molecule has 0 saturated heterocycles. The van der Waals surface area contributed by atoms with Gasteiger partial charge in [-0.1, -0.05) is 0 Å². The first-order chi connectivity index (χ1) is 6.27. The van der Waals surface area contributed by atoms with E-state index in [2.05, 4.69) is 15.3 Å². The number of hydrogen-bond acceptors (Lipinski definition) is 4. The molecule has 2 aromatic rings. The maximum Gasteiger partial charge on any atom is 0.177 e. The van der Waals surface area contributed by atoms with Crippen LogP contribution in [0.3, 0.4) is 0 Å². The van der Waals surface area contributed by atoms with Crippen molar-refractivity contribution in [3.63, 3.8) is 0 Å². The second-order valence-corrected chi connectivity index (χ2v) is 2.70. The van der Waals surface area contributed by atoms with Crippen LogP contribution in [0.25, 0.3) is 5.82 Å². The van der Waals surface area contributed by atoms with Crippen molar-refractivity contribution < 1.29 is 0 Å². The van der Waals surface area contributed by atoms with E-state index in [9.17, 15) is 0 Å². The van der Waals surface area contributed by atoms with Crippen molar-refractivity contribution >= 4 is 5.82 Å². The number of nitrogens with zero attached hydrogens (tertiary/aromatic N) is 4. The van der Waals surface area contributed by atoms with Crippen molar-refractivity contribution in [1.29, 1.82) is 0 Å². The van der Waals surface area contributed by atoms with Crippen LogP contribution in [-0.4, -0.2) is 20.0 Å². The van der Waals surface area contributed by atoms with Crippen molar-refractivity contribution in [2.75, 3.05) is 5.73 Å². The molecule has 0 aliphatic carbocycles. The fourth-order valence-corrected chi connectivity index (χ4v) is 1.11. The maximum absolute atomic E-state index is 5.71. The Morgan fingerprint density at radius 1 is 1.46 bits per heavy atom. The van der Waals surface area contributed by atoms with Gasteiger partial charge in [-0.2, -0.15) is 14.9 Å². The summed E-state index contributed by atoms with van der Waals surface area (Å²) in [6.45, 7) is 1.88. The maximum atomic E-state index is 5.71. The van der Waals surface area contributed by atoms with Gasteiger partial charge in [0, 0.05) is 12.3 Å². The van der Waals surface area contributed by atoms with Crippen LogP contribution >= 0.6 is 0 Å². The van der Waals surface area contributed by atoms with Crippen LogP contribution in [0.5, 0.6) is 0 Å². The Balaban J connectivity index is 2.53. The predicted octanol–water partition coefficient (Wildman–Crippen LogP) is 0.553. The smallest absolute Gasteiger partial charge is 0.177 e. The third-order valence-corrected chi connectivity index (χ3v) is 1.63. The van der Waals surface area contributed by atoms with Gasteiger partial charge in [-0.3, -0.25) is 0 Å². The van der Waals surface area contributed by atoms with Gasteiger partial charge in [0.2, 0.25) is 0 Å². The van der Waals surface area contributed by atoms with E-state index in [-0.39, 0.29) is 0 Å². The van der Waals surface area contributed by atoms with Gasteiger partial charge in [-0.25, -0.2) is 0 Å². The SMILES string of the molecule is Cc1cc(N)n(-c2cccnn2)n1. The number of rotatable bonds is 1. The lowest BCUT2D eigenvalue weighted by Gasteiger charge is -1.99. The predicted molar refractivity (Wildman–Crippen MR) is 48.3 cm³/mol. The molecule has 0 radical (unpaired) electrons. The van der Waals surface area contributed by atoms with Crippen molar-refractivity contribution in [2.24, 2.45) is 0 Å². The minimum Gasteiger partial charge on any atom is -0.384 e. The molecule has 2 heterocycles. The van der Waals surface area contributed by atoms with Crippen molar-refractivity contribution in [1.82, 2.24) is 20.0 Å². The van der Waals surface area contributed by atoms with Crippen molar-refractivity contribution in [3.8, 4) is 5.82 Å². The van der Waals surface area contributed by atoms with Gasteiger partial charge in [0.15, 0.2) is 5.82 Å². The van der Waals surface area contributed by atoms with Gasteiger partial charge in [0.1, 0.15) is 5.82 Å². The highest BCUT2D eigenvalue weighted by Gasteiger charge is 2.04. The molecule has 66 valence electrons. The second-order valence-electron chi connectivity index (χ2n) is 2.70. The normalized spacial score (nSPS) is 10.2. The molecule has 2 aromatic heterocycles. The fraction of sp³-hybridized carbons (Fsp3) is 0.125. The van der Waals surface area contributed by atoms with E-state index in [0.717, 1.165) is 5.69 Å². The number of aryl methyl sites for hydroxylation is 1. The van der Waals surface area contributed by atoms with Gasteiger partial charge >= 0.3 is 0 Å². The highest BCUT2D eigenvalue weighted by atomic mass is 15.4. The van der Waals surface area contributed by atoms with Crippen LogP contribution in [0.1, 0.15) is 5.69 Å². The Kier molecular flexibility index (Phi) is 1.70. The monoisotopic (exact) mass is 175 g/mol. The zero-order chi connectivity index (χ0) is 9.26. The fourth-order valence-electron chi connectivity index (χ4n) is 1.11. The zero-order valence-electron chi connectivity index (χ0n) is 7.18. The van der Waals surface area contributed by atoms with Gasteiger partial charge < -0.3 is 5.73 Å². The van der Waals surface area contributed by atoms with E-state index >= 15 is 0 Å². The Morgan fingerprint density at radius 3 is 2.85 bits per heavy atom. The topological polar surface area (TPSA) is 69.6 Å². The van der Waals surface area contributed by atoms with E-state index in [1.54, 1.807) is 29.1 Å².